The smallest absolute Gasteiger partial charge is 0.313 e. The molecule has 1 saturated heterocycles. The highest BCUT2D eigenvalue weighted by Crippen LogP contribution is 2.32. The topological polar surface area (TPSA) is 92.8 Å². The Morgan fingerprint density at radius 1 is 1.00 bits per heavy atom. The van der Waals surface area contributed by atoms with Crippen LogP contribution in [0.1, 0.15) is 18.4 Å². The van der Waals surface area contributed by atoms with Crippen molar-refractivity contribution in [1.29, 1.82) is 0 Å². The molecule has 0 aliphatic carbocycles. The van der Waals surface area contributed by atoms with Crippen molar-refractivity contribution in [2.75, 3.05) is 38.2 Å². The SMILES string of the molecule is O=C(NCC1CCN(Cc2ccncc2)CC1)C(=O)Nc1ccc2c(c1)OCCO2. The lowest BCUT2D eigenvalue weighted by molar-refractivity contribution is -0.136. The second kappa shape index (κ2) is 9.58. The maximum atomic E-state index is 12.2. The van der Waals surface area contributed by atoms with Crippen molar-refractivity contribution in [2.24, 2.45) is 5.92 Å². The molecular formula is C22H26N4O4. The van der Waals surface area contributed by atoms with Gasteiger partial charge in [-0.05, 0) is 61.7 Å². The highest BCUT2D eigenvalue weighted by Gasteiger charge is 2.22. The van der Waals surface area contributed by atoms with Crippen molar-refractivity contribution >= 4 is 17.5 Å². The van der Waals surface area contributed by atoms with Gasteiger partial charge in [-0.1, -0.05) is 0 Å². The minimum absolute atomic E-state index is 0.379. The van der Waals surface area contributed by atoms with Gasteiger partial charge in [-0.25, -0.2) is 0 Å². The summed E-state index contributed by atoms with van der Waals surface area (Å²) in [4.78, 5) is 30.8. The van der Waals surface area contributed by atoms with Gasteiger partial charge >= 0.3 is 11.8 Å². The molecule has 2 N–H and O–H groups in total. The van der Waals surface area contributed by atoms with Crippen LogP contribution < -0.4 is 20.1 Å². The second-order valence-electron chi connectivity index (χ2n) is 7.60. The fourth-order valence-corrected chi connectivity index (χ4v) is 3.72. The third-order valence-corrected chi connectivity index (χ3v) is 5.42. The molecule has 1 aromatic heterocycles. The number of piperidine rings is 1. The van der Waals surface area contributed by atoms with E-state index in [1.54, 1.807) is 18.2 Å². The fraction of sp³-hybridized carbons (Fsp3) is 0.409. The number of nitrogens with one attached hydrogen (secondary N) is 2. The lowest BCUT2D eigenvalue weighted by atomic mass is 9.96. The minimum Gasteiger partial charge on any atom is -0.486 e. The number of nitrogens with zero attached hydrogens (tertiary/aromatic N) is 2. The Bertz CT molecular complexity index is 882. The summed E-state index contributed by atoms with van der Waals surface area (Å²) in [5, 5.41) is 5.38. The summed E-state index contributed by atoms with van der Waals surface area (Å²) in [5.41, 5.74) is 1.76. The van der Waals surface area contributed by atoms with Crippen LogP contribution in [0, 0.1) is 5.92 Å². The van der Waals surface area contributed by atoms with E-state index in [0.717, 1.165) is 32.5 Å². The number of rotatable bonds is 5. The zero-order chi connectivity index (χ0) is 20.8. The van der Waals surface area contributed by atoms with Gasteiger partial charge in [0.15, 0.2) is 11.5 Å². The Kier molecular flexibility index (Phi) is 6.44. The average Bonchev–Trinajstić information content (AvgIpc) is 2.79. The average molecular weight is 410 g/mol. The van der Waals surface area contributed by atoms with E-state index in [2.05, 4.69) is 20.5 Å². The number of pyridine rings is 1. The Labute approximate surface area is 175 Å². The van der Waals surface area contributed by atoms with Gasteiger partial charge in [0, 0.05) is 37.2 Å². The molecule has 1 aromatic carbocycles. The normalized spacial score (nSPS) is 16.7. The number of likely N-dealkylation sites (tertiary alicyclic amines) is 1. The Morgan fingerprint density at radius 2 is 1.73 bits per heavy atom. The third-order valence-electron chi connectivity index (χ3n) is 5.42. The van der Waals surface area contributed by atoms with Crippen LogP contribution in [0.4, 0.5) is 5.69 Å². The summed E-state index contributed by atoms with van der Waals surface area (Å²) in [6.45, 7) is 4.35. The lowest BCUT2D eigenvalue weighted by Gasteiger charge is -2.32. The molecule has 2 aliphatic heterocycles. The molecule has 1 fully saturated rings. The quantitative estimate of drug-likeness (QED) is 0.731. The van der Waals surface area contributed by atoms with Gasteiger partial charge in [0.25, 0.3) is 0 Å². The highest BCUT2D eigenvalue weighted by molar-refractivity contribution is 6.39. The van der Waals surface area contributed by atoms with Crippen molar-refractivity contribution < 1.29 is 19.1 Å². The molecule has 0 bridgehead atoms. The first kappa shape index (κ1) is 20.2. The molecule has 0 atom stereocenters. The molecule has 8 nitrogen and oxygen atoms in total. The van der Waals surface area contributed by atoms with E-state index in [0.29, 0.717) is 42.9 Å². The first-order chi connectivity index (χ1) is 14.7. The summed E-state index contributed by atoms with van der Waals surface area (Å²) in [5.74, 6) is 0.285. The molecule has 2 aromatic rings. The summed E-state index contributed by atoms with van der Waals surface area (Å²) in [7, 11) is 0. The third kappa shape index (κ3) is 5.27. The molecule has 0 unspecified atom stereocenters. The maximum absolute atomic E-state index is 12.2. The van der Waals surface area contributed by atoms with Gasteiger partial charge in [0.2, 0.25) is 0 Å². The molecule has 0 saturated carbocycles. The van der Waals surface area contributed by atoms with Gasteiger partial charge in [0.05, 0.1) is 0 Å². The largest absolute Gasteiger partial charge is 0.486 e. The van der Waals surface area contributed by atoms with Crippen molar-refractivity contribution in [2.45, 2.75) is 19.4 Å². The summed E-state index contributed by atoms with van der Waals surface area (Å²) in [6, 6.07) is 9.15. The predicted molar refractivity (Wildman–Crippen MR) is 111 cm³/mol. The first-order valence-corrected chi connectivity index (χ1v) is 10.3. The van der Waals surface area contributed by atoms with Crippen LogP contribution in [-0.4, -0.2) is 54.5 Å². The van der Waals surface area contributed by atoms with Gasteiger partial charge in [0.1, 0.15) is 13.2 Å². The number of hydrogen-bond acceptors (Lipinski definition) is 6. The van der Waals surface area contributed by atoms with Gasteiger partial charge < -0.3 is 20.1 Å². The van der Waals surface area contributed by atoms with Gasteiger partial charge in [-0.3, -0.25) is 19.5 Å². The first-order valence-electron chi connectivity index (χ1n) is 10.3. The zero-order valence-corrected chi connectivity index (χ0v) is 16.8. The number of fused-ring (bicyclic) bond motifs is 1. The molecular weight excluding hydrogens is 384 g/mol. The highest BCUT2D eigenvalue weighted by atomic mass is 16.6. The predicted octanol–water partition coefficient (Wildman–Crippen LogP) is 1.82. The van der Waals surface area contributed by atoms with Gasteiger partial charge in [-0.15, -0.1) is 0 Å². The summed E-state index contributed by atoms with van der Waals surface area (Å²) >= 11 is 0. The molecule has 30 heavy (non-hydrogen) atoms. The number of carbonyl (C=O) groups is 2. The Hall–Kier alpha value is -3.13. The van der Waals surface area contributed by atoms with Crippen molar-refractivity contribution in [3.63, 3.8) is 0 Å². The summed E-state index contributed by atoms with van der Waals surface area (Å²) < 4.78 is 10.9. The van der Waals surface area contributed by atoms with Gasteiger partial charge in [-0.2, -0.15) is 0 Å². The molecule has 3 heterocycles. The summed E-state index contributed by atoms with van der Waals surface area (Å²) in [6.07, 6.45) is 5.62. The molecule has 2 amide bonds. The molecule has 0 spiro atoms. The number of aromatic nitrogens is 1. The molecule has 4 rings (SSSR count). The van der Waals surface area contributed by atoms with E-state index in [1.165, 1.54) is 5.56 Å². The number of carbonyl (C=O) groups excluding carboxylic acids is 2. The number of hydrogen-bond donors (Lipinski definition) is 2. The molecule has 2 aliphatic rings. The molecule has 8 heteroatoms. The second-order valence-corrected chi connectivity index (χ2v) is 7.60. The minimum atomic E-state index is -0.679. The zero-order valence-electron chi connectivity index (χ0n) is 16.8. The van der Waals surface area contributed by atoms with E-state index < -0.39 is 11.8 Å². The van der Waals surface area contributed by atoms with Crippen molar-refractivity contribution in [3.05, 3.63) is 48.3 Å². The van der Waals surface area contributed by atoms with Crippen LogP contribution in [0.15, 0.2) is 42.7 Å². The van der Waals surface area contributed by atoms with E-state index in [4.69, 9.17) is 9.47 Å². The van der Waals surface area contributed by atoms with Crippen LogP contribution in [0.5, 0.6) is 11.5 Å². The number of amides is 2. The van der Waals surface area contributed by atoms with Crippen molar-refractivity contribution in [3.8, 4) is 11.5 Å². The van der Waals surface area contributed by atoms with E-state index in [-0.39, 0.29) is 0 Å². The van der Waals surface area contributed by atoms with Crippen LogP contribution in [0.3, 0.4) is 0 Å². The molecule has 0 radical (unpaired) electrons. The number of anilines is 1. The van der Waals surface area contributed by atoms with Crippen LogP contribution in [-0.2, 0) is 16.1 Å². The van der Waals surface area contributed by atoms with Crippen LogP contribution in [0.2, 0.25) is 0 Å². The van der Waals surface area contributed by atoms with Crippen LogP contribution >= 0.6 is 0 Å². The van der Waals surface area contributed by atoms with E-state index >= 15 is 0 Å². The standard InChI is InChI=1S/C22H26N4O4/c27-21(22(28)25-18-1-2-19-20(13-18)30-12-11-29-19)24-14-16-5-9-26(10-6-16)15-17-3-7-23-8-4-17/h1-4,7-8,13,16H,5-6,9-12,14-15H2,(H,24,27)(H,25,28). The maximum Gasteiger partial charge on any atom is 0.313 e. The van der Waals surface area contributed by atoms with Crippen molar-refractivity contribution in [1.82, 2.24) is 15.2 Å². The molecule has 158 valence electrons. The van der Waals surface area contributed by atoms with E-state index in [9.17, 15) is 9.59 Å². The lowest BCUT2D eigenvalue weighted by Crippen LogP contribution is -2.41. The monoisotopic (exact) mass is 410 g/mol. The number of benzene rings is 1. The van der Waals surface area contributed by atoms with E-state index in [1.807, 2.05) is 24.5 Å². The number of ether oxygens (including phenoxy) is 2. The fourth-order valence-electron chi connectivity index (χ4n) is 3.72. The Morgan fingerprint density at radius 3 is 2.50 bits per heavy atom. The van der Waals surface area contributed by atoms with Crippen LogP contribution in [0.25, 0.3) is 0 Å². The Balaban J connectivity index is 1.19.